The maximum atomic E-state index is 14.4. The third kappa shape index (κ3) is 16.0. The Morgan fingerprint density at radius 3 is 2.29 bits per heavy atom. The van der Waals surface area contributed by atoms with Crippen LogP contribution >= 0.6 is 0 Å². The number of esters is 1. The second-order valence-electron chi connectivity index (χ2n) is 20.5. The number of allylic oxidation sites excluding steroid dienone is 6. The van der Waals surface area contributed by atoms with E-state index in [-0.39, 0.29) is 67.8 Å². The summed E-state index contributed by atoms with van der Waals surface area (Å²) in [7, 11) is 2.92. The second kappa shape index (κ2) is 27.4. The van der Waals surface area contributed by atoms with E-state index in [4.69, 9.17) is 23.7 Å². The van der Waals surface area contributed by atoms with Crippen LogP contribution in [0.3, 0.4) is 0 Å². The number of ether oxygens (including phenoxy) is 5. The Morgan fingerprint density at radius 1 is 0.884 bits per heavy atom. The number of ketones is 3. The number of carbonyl (C=O) groups excluding carboxylic acids is 5. The lowest BCUT2D eigenvalue weighted by molar-refractivity contribution is -0.266. The molecule has 0 spiro atoms. The van der Waals surface area contributed by atoms with Gasteiger partial charge in [-0.05, 0) is 107 Å². The number of Topliss-reactive ketones (excluding diaryl/α,β-unsaturated/α-hetero) is 3. The number of nitrogens with zero attached hydrogens (tertiary/aromatic N) is 1. The first-order valence-corrected chi connectivity index (χ1v) is 25.2. The summed E-state index contributed by atoms with van der Waals surface area (Å²) in [6, 6.07) is -1.19. The van der Waals surface area contributed by atoms with Crippen LogP contribution in [0.25, 0.3) is 0 Å². The monoisotopic (exact) mass is 974 g/mol. The van der Waals surface area contributed by atoms with E-state index in [0.717, 1.165) is 10.5 Å². The minimum atomic E-state index is -2.53. The number of fused-ring (bicyclic) bond motifs is 3. The fraction of sp³-hybridized carbons (Fsp3) is 0.755. The van der Waals surface area contributed by atoms with E-state index < -0.39 is 96.6 Å². The number of cyclic esters (lactones) is 1. The molecular weight excluding hydrogens is 891 g/mol. The van der Waals surface area contributed by atoms with Gasteiger partial charge in [-0.15, -0.1) is 0 Å². The van der Waals surface area contributed by atoms with Crippen molar-refractivity contribution in [3.8, 4) is 0 Å². The van der Waals surface area contributed by atoms with Gasteiger partial charge in [-0.25, -0.2) is 4.79 Å². The summed E-state index contributed by atoms with van der Waals surface area (Å²) < 4.78 is 29.6. The highest BCUT2D eigenvalue weighted by molar-refractivity contribution is 6.39. The van der Waals surface area contributed by atoms with Crippen LogP contribution in [0.4, 0.5) is 0 Å². The van der Waals surface area contributed by atoms with Gasteiger partial charge < -0.3 is 54.1 Å². The molecule has 16 atom stereocenters. The Balaban J connectivity index is 1.73. The van der Waals surface area contributed by atoms with Crippen LogP contribution in [0.2, 0.25) is 0 Å². The maximum Gasteiger partial charge on any atom is 0.329 e. The van der Waals surface area contributed by atoms with Crippen LogP contribution < -0.4 is 0 Å². The van der Waals surface area contributed by atoms with E-state index in [1.54, 1.807) is 47.0 Å². The maximum absolute atomic E-state index is 14.4. The molecule has 2 bridgehead atoms. The van der Waals surface area contributed by atoms with Crippen LogP contribution in [0, 0.1) is 35.5 Å². The predicted octanol–water partition coefficient (Wildman–Crippen LogP) is 4.90. The lowest BCUT2D eigenvalue weighted by Gasteiger charge is -2.43. The summed E-state index contributed by atoms with van der Waals surface area (Å²) in [5.41, 5.74) is 1.09. The molecule has 1 amide bonds. The molecule has 16 nitrogen and oxygen atoms in total. The van der Waals surface area contributed by atoms with E-state index in [1.165, 1.54) is 7.11 Å². The molecule has 0 radical (unpaired) electrons. The van der Waals surface area contributed by atoms with Crippen molar-refractivity contribution in [3.05, 3.63) is 47.6 Å². The summed E-state index contributed by atoms with van der Waals surface area (Å²) in [6.07, 6.45) is 8.49. The van der Waals surface area contributed by atoms with Crippen molar-refractivity contribution >= 4 is 29.2 Å². The molecule has 390 valence electrons. The first kappa shape index (κ1) is 58.1. The molecule has 4 rings (SSSR count). The van der Waals surface area contributed by atoms with E-state index in [2.05, 4.69) is 0 Å². The molecule has 0 aromatic rings. The number of hydrogen-bond acceptors (Lipinski definition) is 15. The first-order valence-electron chi connectivity index (χ1n) is 25.2. The first-order chi connectivity index (χ1) is 32.6. The van der Waals surface area contributed by atoms with Gasteiger partial charge in [0.05, 0.1) is 37.6 Å². The molecule has 0 aromatic heterocycles. The highest BCUT2D eigenvalue weighted by atomic mass is 16.6. The zero-order chi connectivity index (χ0) is 51.2. The molecule has 3 heterocycles. The molecule has 3 aliphatic heterocycles. The number of aliphatic hydroxyl groups is 5. The third-order valence-corrected chi connectivity index (χ3v) is 14.9. The molecule has 4 aliphatic rings. The molecule has 69 heavy (non-hydrogen) atoms. The fourth-order valence-corrected chi connectivity index (χ4v) is 10.3. The van der Waals surface area contributed by atoms with E-state index in [1.807, 2.05) is 45.1 Å². The Hall–Kier alpha value is -3.45. The summed E-state index contributed by atoms with van der Waals surface area (Å²) in [6.45, 7) is 11.7. The molecule has 2 unspecified atom stereocenters. The van der Waals surface area contributed by atoms with Crippen molar-refractivity contribution in [2.45, 2.75) is 186 Å². The second-order valence-corrected chi connectivity index (χ2v) is 20.5. The molecule has 16 heteroatoms. The topological polar surface area (TPSA) is 236 Å². The molecule has 3 fully saturated rings. The number of rotatable bonds is 9. The minimum absolute atomic E-state index is 0.0369. The smallest absolute Gasteiger partial charge is 0.329 e. The van der Waals surface area contributed by atoms with Gasteiger partial charge in [0.25, 0.3) is 11.7 Å². The molecule has 0 aromatic carbocycles. The van der Waals surface area contributed by atoms with Crippen molar-refractivity contribution in [2.75, 3.05) is 34.0 Å². The molecule has 5 N–H and O–H groups in total. The van der Waals surface area contributed by atoms with Gasteiger partial charge in [0.15, 0.2) is 5.78 Å². The Bertz CT molecular complexity index is 1850. The van der Waals surface area contributed by atoms with E-state index in [0.29, 0.717) is 63.4 Å². The Kier molecular flexibility index (Phi) is 23.1. The van der Waals surface area contributed by atoms with Crippen molar-refractivity contribution in [1.29, 1.82) is 0 Å². The van der Waals surface area contributed by atoms with Gasteiger partial charge in [0.2, 0.25) is 5.79 Å². The number of aliphatic hydroxyl groups excluding tert-OH is 4. The van der Waals surface area contributed by atoms with Gasteiger partial charge in [0, 0.05) is 51.4 Å². The van der Waals surface area contributed by atoms with Crippen LogP contribution in [-0.4, -0.2) is 154 Å². The summed E-state index contributed by atoms with van der Waals surface area (Å²) in [4.78, 5) is 72.1. The predicted molar refractivity (Wildman–Crippen MR) is 257 cm³/mol. The lowest BCUT2D eigenvalue weighted by atomic mass is 9.78. The van der Waals surface area contributed by atoms with Gasteiger partial charge in [0.1, 0.15) is 36.2 Å². The van der Waals surface area contributed by atoms with Crippen LogP contribution in [0.15, 0.2) is 47.6 Å². The average molecular weight is 974 g/mol. The summed E-state index contributed by atoms with van der Waals surface area (Å²) >= 11 is 0. The Morgan fingerprint density at radius 2 is 1.61 bits per heavy atom. The third-order valence-electron chi connectivity index (χ3n) is 14.9. The highest BCUT2D eigenvalue weighted by Gasteiger charge is 2.53. The van der Waals surface area contributed by atoms with Gasteiger partial charge >= 0.3 is 5.97 Å². The van der Waals surface area contributed by atoms with Gasteiger partial charge in [-0.2, -0.15) is 0 Å². The zero-order valence-electron chi connectivity index (χ0n) is 42.5. The van der Waals surface area contributed by atoms with E-state index in [9.17, 15) is 49.5 Å². The number of hydrogen-bond donors (Lipinski definition) is 5. The summed E-state index contributed by atoms with van der Waals surface area (Å²) in [5, 5.41) is 53.7. The van der Waals surface area contributed by atoms with Crippen LogP contribution in [0.5, 0.6) is 0 Å². The quantitative estimate of drug-likeness (QED) is 0.117. The summed E-state index contributed by atoms with van der Waals surface area (Å²) in [5.74, 6) is -8.52. The molecular formula is C53H83NO15. The molecule has 1 saturated carbocycles. The minimum Gasteiger partial charge on any atom is -0.460 e. The van der Waals surface area contributed by atoms with Crippen molar-refractivity contribution in [1.82, 2.24) is 4.90 Å². The van der Waals surface area contributed by atoms with Crippen molar-refractivity contribution in [3.63, 3.8) is 0 Å². The van der Waals surface area contributed by atoms with Crippen molar-refractivity contribution < 1.29 is 73.2 Å². The zero-order valence-corrected chi connectivity index (χ0v) is 42.5. The number of carbonyl (C=O) groups is 5. The number of amides is 1. The highest BCUT2D eigenvalue weighted by Crippen LogP contribution is 2.38. The Labute approximate surface area is 409 Å². The fourth-order valence-electron chi connectivity index (χ4n) is 10.3. The largest absolute Gasteiger partial charge is 0.460 e. The van der Waals surface area contributed by atoms with Crippen LogP contribution in [-0.2, 0) is 47.7 Å². The van der Waals surface area contributed by atoms with Crippen LogP contribution in [0.1, 0.15) is 126 Å². The molecule has 2 saturated heterocycles. The molecule has 1 aliphatic carbocycles. The normalized spacial score (nSPS) is 39.2. The average Bonchev–Trinajstić information content (AvgIpc) is 3.32. The lowest BCUT2D eigenvalue weighted by Crippen LogP contribution is -2.61. The number of piperidine rings is 1. The number of methoxy groups -OCH3 is 2. The van der Waals surface area contributed by atoms with Gasteiger partial charge in [-0.3, -0.25) is 19.2 Å². The van der Waals surface area contributed by atoms with E-state index >= 15 is 0 Å². The van der Waals surface area contributed by atoms with Crippen molar-refractivity contribution in [2.24, 2.45) is 35.5 Å². The van der Waals surface area contributed by atoms with Gasteiger partial charge in [-0.1, -0.05) is 71.1 Å². The SMILES string of the molecule is CO[C@@H]1C[C@H](C[C@@H](C)[C@@H]2CC(=O)[C@H](C)/C=C(\C)[C@@H](O)[C@@H](OC)C(=O)[C@H](C)C[C@H](C)/C=C/C=C/C=C(\C)C(OCC(O)CO)C[C@@H]3CC[C@@H](C)[C@@](O)(O3)C(=O)C(=O)N3CCCC[C@H]3C(=O)O2)CC[C@H]1O. The standard InChI is InChI=1S/C53H83NO15/c1-31-15-11-10-12-16-32(2)44(67-30-39(56)29-55)27-40-20-18-37(7)53(64,69-40)50(61)51(62)54-22-14-13-17-41(54)52(63)68-45(34(4)25-38-19-21-42(57)46(26-38)65-8)28-43(58)33(3)24-36(6)48(60)49(66-9)47(59)35(5)23-31/h10-12,15-16,24,31,33-35,37-42,44-46,48-49,55-57,60,64H,13-14,17-23,25-30H2,1-9H3/b12-10+,15-11+,32-16+,36-24+/t31-,33-,34-,35-,37-,38+,39?,40+,41+,42-,44?,45+,46-,48-,49+,53-/m1/s1.